The monoisotopic (exact) mass is 496 g/mol. The molecule has 0 fully saturated rings. The van der Waals surface area contributed by atoms with Gasteiger partial charge in [0.2, 0.25) is 0 Å². The topological polar surface area (TPSA) is 92.3 Å². The molecule has 2 atom stereocenters. The molecular weight excluding hydrogens is 464 g/mol. The predicted molar refractivity (Wildman–Crippen MR) is 147 cm³/mol. The number of hydrogen-bond acceptors (Lipinski definition) is 7. The molecule has 3 heterocycles. The van der Waals surface area contributed by atoms with Gasteiger partial charge in [0, 0.05) is 43.9 Å². The van der Waals surface area contributed by atoms with Crippen molar-refractivity contribution in [2.45, 2.75) is 19.8 Å². The zero-order valence-corrected chi connectivity index (χ0v) is 21.7. The molecule has 4 aromatic rings. The summed E-state index contributed by atoms with van der Waals surface area (Å²) in [5.74, 6) is 2.07. The van der Waals surface area contributed by atoms with Gasteiger partial charge in [0.15, 0.2) is 0 Å². The number of likely N-dealkylation sites (N-methyl/N-ethyl adjacent to an activating group) is 1. The number of rotatable bonds is 7. The van der Waals surface area contributed by atoms with Crippen LogP contribution in [0.25, 0.3) is 22.2 Å². The van der Waals surface area contributed by atoms with Crippen molar-refractivity contribution in [3.8, 4) is 17.0 Å². The van der Waals surface area contributed by atoms with Gasteiger partial charge >= 0.3 is 0 Å². The molecule has 2 aromatic carbocycles. The van der Waals surface area contributed by atoms with Crippen molar-refractivity contribution in [2.75, 3.05) is 44.0 Å². The van der Waals surface area contributed by atoms with Crippen LogP contribution in [0.15, 0.2) is 61.1 Å². The Bertz CT molecular complexity index is 1440. The van der Waals surface area contributed by atoms with Crippen LogP contribution in [0.2, 0.25) is 0 Å². The van der Waals surface area contributed by atoms with Crippen LogP contribution in [0.5, 0.6) is 5.75 Å². The molecule has 2 aromatic heterocycles. The fourth-order valence-corrected chi connectivity index (χ4v) is 4.77. The van der Waals surface area contributed by atoms with Crippen molar-refractivity contribution in [1.82, 2.24) is 20.3 Å². The van der Waals surface area contributed by atoms with E-state index in [-0.39, 0.29) is 17.7 Å². The van der Waals surface area contributed by atoms with Gasteiger partial charge in [-0.25, -0.2) is 9.97 Å². The highest BCUT2D eigenvalue weighted by Crippen LogP contribution is 2.35. The highest BCUT2D eigenvalue weighted by Gasteiger charge is 2.20. The van der Waals surface area contributed by atoms with Gasteiger partial charge in [-0.05, 0) is 41.7 Å². The molecule has 8 heteroatoms. The Balaban J connectivity index is 1.32. The third-order valence-corrected chi connectivity index (χ3v) is 7.24. The first kappa shape index (κ1) is 24.5. The van der Waals surface area contributed by atoms with Gasteiger partial charge in [-0.3, -0.25) is 9.78 Å². The molecule has 0 saturated heterocycles. The first-order chi connectivity index (χ1) is 18.0. The second-order valence-electron chi connectivity index (χ2n) is 9.57. The van der Waals surface area contributed by atoms with E-state index < -0.39 is 0 Å². The van der Waals surface area contributed by atoms with E-state index in [1.54, 1.807) is 25.6 Å². The highest BCUT2D eigenvalue weighted by atomic mass is 16.5. The molecule has 0 bridgehead atoms. The zero-order chi connectivity index (χ0) is 25.9. The molecule has 1 amide bonds. The number of pyridine rings is 1. The summed E-state index contributed by atoms with van der Waals surface area (Å²) in [5.41, 5.74) is 5.59. The fourth-order valence-electron chi connectivity index (χ4n) is 4.77. The molecule has 0 aliphatic carbocycles. The summed E-state index contributed by atoms with van der Waals surface area (Å²) >= 11 is 0. The number of carbonyl (C=O) groups excluding carboxylic acids is 1. The van der Waals surface area contributed by atoms with E-state index >= 15 is 0 Å². The maximum Gasteiger partial charge on any atom is 0.251 e. The standard InChI is InChI=1S/C29H32N6O2/c1-18(19(2)21-6-5-7-22-23(29(36)30-3)10-11-31-28(21)22)16-32-27-15-24(33-17-34-27)20-8-9-26-25(14-20)35(4)12-13-37-26/h5-11,14-15,17-19H,12-13,16H2,1-4H3,(H,30,36)(H,32,33,34)/t18-,19?/m1/s1. The Kier molecular flexibility index (Phi) is 6.90. The molecule has 0 saturated carbocycles. The van der Waals surface area contributed by atoms with Gasteiger partial charge in [-0.2, -0.15) is 0 Å². The third-order valence-electron chi connectivity index (χ3n) is 7.24. The van der Waals surface area contributed by atoms with E-state index in [1.807, 2.05) is 30.3 Å². The zero-order valence-electron chi connectivity index (χ0n) is 21.7. The van der Waals surface area contributed by atoms with Crippen LogP contribution in [0.4, 0.5) is 11.5 Å². The largest absolute Gasteiger partial charge is 0.490 e. The lowest BCUT2D eigenvalue weighted by atomic mass is 9.87. The maximum absolute atomic E-state index is 12.3. The van der Waals surface area contributed by atoms with E-state index in [0.717, 1.165) is 58.1 Å². The molecule has 0 radical (unpaired) electrons. The Labute approximate surface area is 217 Å². The maximum atomic E-state index is 12.3. The lowest BCUT2D eigenvalue weighted by molar-refractivity contribution is 0.0964. The molecule has 8 nitrogen and oxygen atoms in total. The SMILES string of the molecule is CNC(=O)c1ccnc2c(C(C)[C@H](C)CNc3cc(-c4ccc5c(c4)N(C)CCO5)ncn3)cccc12. The first-order valence-corrected chi connectivity index (χ1v) is 12.6. The minimum Gasteiger partial charge on any atom is -0.490 e. The average Bonchev–Trinajstić information content (AvgIpc) is 2.94. The number of ether oxygens (including phenoxy) is 1. The number of benzene rings is 2. The summed E-state index contributed by atoms with van der Waals surface area (Å²) in [6.45, 7) is 6.70. The number of nitrogens with one attached hydrogen (secondary N) is 2. The Hall–Kier alpha value is -4.20. The number of aromatic nitrogens is 3. The lowest BCUT2D eigenvalue weighted by Gasteiger charge is -2.28. The van der Waals surface area contributed by atoms with E-state index in [2.05, 4.69) is 63.5 Å². The molecule has 1 unspecified atom stereocenters. The van der Waals surface area contributed by atoms with Crippen molar-refractivity contribution < 1.29 is 9.53 Å². The summed E-state index contributed by atoms with van der Waals surface area (Å²) in [6.07, 6.45) is 3.30. The van der Waals surface area contributed by atoms with Crippen LogP contribution in [0.3, 0.4) is 0 Å². The Morgan fingerprint density at radius 2 is 1.97 bits per heavy atom. The fraction of sp³-hybridized carbons (Fsp3) is 0.310. The van der Waals surface area contributed by atoms with Crippen molar-refractivity contribution >= 4 is 28.3 Å². The van der Waals surface area contributed by atoms with Crippen molar-refractivity contribution in [3.63, 3.8) is 0 Å². The predicted octanol–water partition coefficient (Wildman–Crippen LogP) is 4.73. The summed E-state index contributed by atoms with van der Waals surface area (Å²) in [7, 11) is 3.72. The summed E-state index contributed by atoms with van der Waals surface area (Å²) in [5, 5.41) is 7.08. The number of fused-ring (bicyclic) bond motifs is 2. The van der Waals surface area contributed by atoms with Crippen LogP contribution >= 0.6 is 0 Å². The van der Waals surface area contributed by atoms with E-state index in [1.165, 1.54) is 0 Å². The van der Waals surface area contributed by atoms with Crippen LogP contribution in [0.1, 0.15) is 35.7 Å². The molecule has 190 valence electrons. The van der Waals surface area contributed by atoms with Gasteiger partial charge in [-0.15, -0.1) is 0 Å². The average molecular weight is 497 g/mol. The number of hydrogen-bond donors (Lipinski definition) is 2. The number of carbonyl (C=O) groups is 1. The summed E-state index contributed by atoms with van der Waals surface area (Å²) < 4.78 is 5.77. The van der Waals surface area contributed by atoms with Crippen LogP contribution in [0, 0.1) is 5.92 Å². The third kappa shape index (κ3) is 4.91. The molecule has 1 aliphatic rings. The van der Waals surface area contributed by atoms with E-state index in [4.69, 9.17) is 4.74 Å². The number of anilines is 2. The minimum atomic E-state index is -0.107. The molecule has 37 heavy (non-hydrogen) atoms. The number of amides is 1. The number of nitrogens with zero attached hydrogens (tertiary/aromatic N) is 4. The van der Waals surface area contributed by atoms with Gasteiger partial charge in [0.05, 0.1) is 29.0 Å². The van der Waals surface area contributed by atoms with Crippen molar-refractivity contribution in [1.29, 1.82) is 0 Å². The second kappa shape index (κ2) is 10.4. The number of para-hydroxylation sites is 1. The molecule has 2 N–H and O–H groups in total. The van der Waals surface area contributed by atoms with E-state index in [9.17, 15) is 4.79 Å². The normalized spacial score (nSPS) is 14.4. The van der Waals surface area contributed by atoms with Crippen LogP contribution in [-0.2, 0) is 0 Å². The van der Waals surface area contributed by atoms with E-state index in [0.29, 0.717) is 12.2 Å². The quantitative estimate of drug-likeness (QED) is 0.382. The van der Waals surface area contributed by atoms with Gasteiger partial charge < -0.3 is 20.3 Å². The smallest absolute Gasteiger partial charge is 0.251 e. The summed E-state index contributed by atoms with van der Waals surface area (Å²) in [4.78, 5) is 28.1. The second-order valence-corrected chi connectivity index (χ2v) is 9.57. The Morgan fingerprint density at radius 3 is 2.81 bits per heavy atom. The van der Waals surface area contributed by atoms with Gasteiger partial charge in [0.25, 0.3) is 5.91 Å². The molecule has 0 spiro atoms. The lowest BCUT2D eigenvalue weighted by Crippen LogP contribution is -2.28. The summed E-state index contributed by atoms with van der Waals surface area (Å²) in [6, 6.07) is 16.0. The molecule has 5 rings (SSSR count). The van der Waals surface area contributed by atoms with Crippen molar-refractivity contribution in [2.24, 2.45) is 5.92 Å². The highest BCUT2D eigenvalue weighted by molar-refractivity contribution is 6.06. The van der Waals surface area contributed by atoms with Crippen LogP contribution < -0.4 is 20.3 Å². The minimum absolute atomic E-state index is 0.107. The molecule has 1 aliphatic heterocycles. The Morgan fingerprint density at radius 1 is 1.11 bits per heavy atom. The van der Waals surface area contributed by atoms with Crippen LogP contribution in [-0.4, -0.2) is 54.7 Å². The first-order valence-electron chi connectivity index (χ1n) is 12.6. The van der Waals surface area contributed by atoms with Gasteiger partial charge in [-0.1, -0.05) is 32.0 Å². The van der Waals surface area contributed by atoms with Crippen molar-refractivity contribution in [3.05, 3.63) is 72.2 Å². The van der Waals surface area contributed by atoms with Gasteiger partial charge in [0.1, 0.15) is 24.5 Å². The molecular formula is C29H32N6O2.